The third-order valence-corrected chi connectivity index (χ3v) is 3.73. The first-order valence-electron chi connectivity index (χ1n) is 6.65. The van der Waals surface area contributed by atoms with Gasteiger partial charge in [-0.15, -0.1) is 0 Å². The van der Waals surface area contributed by atoms with Gasteiger partial charge in [-0.25, -0.2) is 0 Å². The van der Waals surface area contributed by atoms with Gasteiger partial charge < -0.3 is 10.1 Å². The van der Waals surface area contributed by atoms with E-state index in [0.29, 0.717) is 11.6 Å². The predicted octanol–water partition coefficient (Wildman–Crippen LogP) is 3.05. The standard InChI is InChI=1S/C14H20N2O3/c1-10-7-13(14(16(17)18)8-11(10)2)15-9-12-3-5-19-6-4-12/h7-8,12,15H,3-6,9H2,1-2H3. The van der Waals surface area contributed by atoms with Crippen molar-refractivity contribution in [3.63, 3.8) is 0 Å². The van der Waals surface area contributed by atoms with E-state index in [9.17, 15) is 10.1 Å². The molecule has 1 N–H and O–H groups in total. The summed E-state index contributed by atoms with van der Waals surface area (Å²) in [5.74, 6) is 0.537. The zero-order valence-corrected chi connectivity index (χ0v) is 11.4. The average Bonchev–Trinajstić information content (AvgIpc) is 2.40. The highest BCUT2D eigenvalue weighted by atomic mass is 16.6. The molecule has 0 aromatic heterocycles. The fraction of sp³-hybridized carbons (Fsp3) is 0.571. The molecule has 0 bridgehead atoms. The highest BCUT2D eigenvalue weighted by Crippen LogP contribution is 2.28. The van der Waals surface area contributed by atoms with Crippen LogP contribution in [-0.4, -0.2) is 24.7 Å². The molecule has 0 unspecified atom stereocenters. The fourth-order valence-corrected chi connectivity index (χ4v) is 2.30. The maximum Gasteiger partial charge on any atom is 0.292 e. The minimum atomic E-state index is -0.321. The minimum absolute atomic E-state index is 0.162. The van der Waals surface area contributed by atoms with Gasteiger partial charge in [0.1, 0.15) is 5.69 Å². The number of rotatable bonds is 4. The van der Waals surface area contributed by atoms with Crippen molar-refractivity contribution < 1.29 is 9.66 Å². The molecule has 1 aliphatic heterocycles. The van der Waals surface area contributed by atoms with Gasteiger partial charge in [0, 0.05) is 25.8 Å². The van der Waals surface area contributed by atoms with Gasteiger partial charge in [-0.3, -0.25) is 10.1 Å². The lowest BCUT2D eigenvalue weighted by molar-refractivity contribution is -0.384. The van der Waals surface area contributed by atoms with E-state index < -0.39 is 0 Å². The number of anilines is 1. The number of aryl methyl sites for hydroxylation is 2. The van der Waals surface area contributed by atoms with Gasteiger partial charge in [-0.2, -0.15) is 0 Å². The Bertz CT molecular complexity index is 468. The smallest absolute Gasteiger partial charge is 0.292 e. The van der Waals surface area contributed by atoms with E-state index in [2.05, 4.69) is 5.32 Å². The average molecular weight is 264 g/mol. The maximum atomic E-state index is 11.1. The van der Waals surface area contributed by atoms with Gasteiger partial charge >= 0.3 is 0 Å². The molecule has 19 heavy (non-hydrogen) atoms. The number of nitro groups is 1. The van der Waals surface area contributed by atoms with Crippen molar-refractivity contribution in [3.8, 4) is 0 Å². The molecule has 1 saturated heterocycles. The van der Waals surface area contributed by atoms with Gasteiger partial charge in [0.2, 0.25) is 0 Å². The van der Waals surface area contributed by atoms with Gasteiger partial charge in [0.15, 0.2) is 0 Å². The van der Waals surface area contributed by atoms with Gasteiger partial charge in [0.05, 0.1) is 4.92 Å². The highest BCUT2D eigenvalue weighted by Gasteiger charge is 2.18. The first-order chi connectivity index (χ1) is 9.08. The molecular formula is C14H20N2O3. The van der Waals surface area contributed by atoms with E-state index in [1.165, 1.54) is 0 Å². The molecule has 0 amide bonds. The molecule has 0 atom stereocenters. The Hall–Kier alpha value is -1.62. The molecule has 104 valence electrons. The van der Waals surface area contributed by atoms with Crippen LogP contribution in [0.3, 0.4) is 0 Å². The Labute approximate surface area is 113 Å². The minimum Gasteiger partial charge on any atom is -0.381 e. The summed E-state index contributed by atoms with van der Waals surface area (Å²) < 4.78 is 5.31. The summed E-state index contributed by atoms with van der Waals surface area (Å²) in [7, 11) is 0. The second-order valence-electron chi connectivity index (χ2n) is 5.15. The fourth-order valence-electron chi connectivity index (χ4n) is 2.30. The van der Waals surface area contributed by atoms with Crippen molar-refractivity contribution in [1.29, 1.82) is 0 Å². The van der Waals surface area contributed by atoms with Crippen LogP contribution in [0.4, 0.5) is 11.4 Å². The van der Waals surface area contributed by atoms with Crippen LogP contribution in [0.5, 0.6) is 0 Å². The van der Waals surface area contributed by atoms with Crippen LogP contribution >= 0.6 is 0 Å². The van der Waals surface area contributed by atoms with Gasteiger partial charge in [-0.05, 0) is 49.8 Å². The Morgan fingerprint density at radius 1 is 1.32 bits per heavy atom. The Kier molecular flexibility index (Phi) is 4.37. The topological polar surface area (TPSA) is 64.4 Å². The lowest BCUT2D eigenvalue weighted by atomic mass is 10.00. The monoisotopic (exact) mass is 264 g/mol. The van der Waals surface area contributed by atoms with Crippen LogP contribution in [0.1, 0.15) is 24.0 Å². The zero-order valence-electron chi connectivity index (χ0n) is 11.4. The number of nitro benzene ring substituents is 1. The van der Waals surface area contributed by atoms with Crippen molar-refractivity contribution in [1.82, 2.24) is 0 Å². The first kappa shape index (κ1) is 13.8. The zero-order chi connectivity index (χ0) is 13.8. The van der Waals surface area contributed by atoms with Crippen molar-refractivity contribution in [2.24, 2.45) is 5.92 Å². The molecule has 5 nitrogen and oxygen atoms in total. The summed E-state index contributed by atoms with van der Waals surface area (Å²) in [5, 5.41) is 14.3. The third kappa shape index (κ3) is 3.44. The number of hydrogen-bond donors (Lipinski definition) is 1. The van der Waals surface area contributed by atoms with Crippen LogP contribution in [-0.2, 0) is 4.74 Å². The van der Waals surface area contributed by atoms with Crippen molar-refractivity contribution in [2.45, 2.75) is 26.7 Å². The lowest BCUT2D eigenvalue weighted by Crippen LogP contribution is -2.22. The molecule has 1 aromatic carbocycles. The van der Waals surface area contributed by atoms with Gasteiger partial charge in [-0.1, -0.05) is 0 Å². The molecular weight excluding hydrogens is 244 g/mol. The Morgan fingerprint density at radius 3 is 2.58 bits per heavy atom. The predicted molar refractivity (Wildman–Crippen MR) is 74.6 cm³/mol. The number of ether oxygens (including phenoxy) is 1. The number of benzene rings is 1. The van der Waals surface area contributed by atoms with E-state index in [1.807, 2.05) is 19.9 Å². The van der Waals surface area contributed by atoms with Crippen molar-refractivity contribution in [2.75, 3.05) is 25.1 Å². The second kappa shape index (κ2) is 6.02. The van der Waals surface area contributed by atoms with E-state index in [4.69, 9.17) is 4.74 Å². The molecule has 1 aromatic rings. The van der Waals surface area contributed by atoms with E-state index in [-0.39, 0.29) is 10.6 Å². The summed E-state index contributed by atoms with van der Waals surface area (Å²) >= 11 is 0. The second-order valence-corrected chi connectivity index (χ2v) is 5.15. The van der Waals surface area contributed by atoms with Crippen LogP contribution in [0, 0.1) is 29.9 Å². The van der Waals surface area contributed by atoms with E-state index >= 15 is 0 Å². The summed E-state index contributed by atoms with van der Waals surface area (Å²) in [6.45, 7) is 6.22. The Balaban J connectivity index is 2.09. The largest absolute Gasteiger partial charge is 0.381 e. The SMILES string of the molecule is Cc1cc(NCC2CCOCC2)c([N+](=O)[O-])cc1C. The number of nitrogens with one attached hydrogen (secondary N) is 1. The van der Waals surface area contributed by atoms with E-state index in [0.717, 1.165) is 43.7 Å². The van der Waals surface area contributed by atoms with Crippen LogP contribution in [0.2, 0.25) is 0 Å². The molecule has 5 heteroatoms. The molecule has 1 fully saturated rings. The maximum absolute atomic E-state index is 11.1. The molecule has 1 aliphatic rings. The molecule has 0 radical (unpaired) electrons. The lowest BCUT2D eigenvalue weighted by Gasteiger charge is -2.22. The number of hydrogen-bond acceptors (Lipinski definition) is 4. The van der Waals surface area contributed by atoms with Gasteiger partial charge in [0.25, 0.3) is 5.69 Å². The highest BCUT2D eigenvalue weighted by molar-refractivity contribution is 5.64. The first-order valence-corrected chi connectivity index (χ1v) is 6.65. The molecule has 0 aliphatic carbocycles. The quantitative estimate of drug-likeness (QED) is 0.670. The summed E-state index contributed by atoms with van der Waals surface area (Å²) in [4.78, 5) is 10.8. The van der Waals surface area contributed by atoms with Crippen LogP contribution < -0.4 is 5.32 Å². The number of nitrogens with zero attached hydrogens (tertiary/aromatic N) is 1. The van der Waals surface area contributed by atoms with E-state index in [1.54, 1.807) is 6.07 Å². The van der Waals surface area contributed by atoms with Crippen LogP contribution in [0.25, 0.3) is 0 Å². The van der Waals surface area contributed by atoms with Crippen LogP contribution in [0.15, 0.2) is 12.1 Å². The third-order valence-electron chi connectivity index (χ3n) is 3.73. The molecule has 0 saturated carbocycles. The Morgan fingerprint density at radius 2 is 1.95 bits per heavy atom. The molecule has 0 spiro atoms. The normalized spacial score (nSPS) is 16.3. The molecule has 2 rings (SSSR count). The summed E-state index contributed by atoms with van der Waals surface area (Å²) in [6.07, 6.45) is 2.04. The summed E-state index contributed by atoms with van der Waals surface area (Å²) in [5.41, 5.74) is 2.80. The van der Waals surface area contributed by atoms with Crippen molar-refractivity contribution in [3.05, 3.63) is 33.4 Å². The summed E-state index contributed by atoms with van der Waals surface area (Å²) in [6, 6.07) is 3.51. The van der Waals surface area contributed by atoms with Crippen molar-refractivity contribution >= 4 is 11.4 Å². The molecule has 1 heterocycles.